The maximum atomic E-state index is 4.31. The first-order valence-corrected chi connectivity index (χ1v) is 7.08. The molecule has 4 nitrogen and oxygen atoms in total. The predicted octanol–water partition coefficient (Wildman–Crippen LogP) is 1.57. The zero-order valence-corrected chi connectivity index (χ0v) is 11.3. The molecule has 0 amide bonds. The van der Waals surface area contributed by atoms with Gasteiger partial charge in [0, 0.05) is 24.8 Å². The summed E-state index contributed by atoms with van der Waals surface area (Å²) in [5.74, 6) is 3.46. The topological polar surface area (TPSA) is 42.7 Å². The summed E-state index contributed by atoms with van der Waals surface area (Å²) >= 11 is 2.00. The number of likely N-dealkylation sites (N-methyl/N-ethyl adjacent to an activating group) is 1. The lowest BCUT2D eigenvalue weighted by molar-refractivity contribution is 0.549. The van der Waals surface area contributed by atoms with E-state index in [1.807, 2.05) is 23.5 Å². The van der Waals surface area contributed by atoms with E-state index in [2.05, 4.69) is 29.2 Å². The second-order valence-electron chi connectivity index (χ2n) is 3.76. The fourth-order valence-corrected chi connectivity index (χ4v) is 2.57. The van der Waals surface area contributed by atoms with E-state index >= 15 is 0 Å². The molecule has 0 aliphatic carbocycles. The molecule has 0 saturated heterocycles. The van der Waals surface area contributed by atoms with E-state index in [-0.39, 0.29) is 0 Å². The van der Waals surface area contributed by atoms with Crippen LogP contribution in [0.4, 0.5) is 0 Å². The number of aromatic nitrogens is 3. The normalized spacial score (nSPS) is 12.9. The molecule has 1 heterocycles. The van der Waals surface area contributed by atoms with E-state index in [0.29, 0.717) is 6.04 Å². The summed E-state index contributed by atoms with van der Waals surface area (Å²) < 4.78 is 1.97. The highest BCUT2D eigenvalue weighted by molar-refractivity contribution is 7.99. The first-order chi connectivity index (χ1) is 7.81. The van der Waals surface area contributed by atoms with Crippen LogP contribution in [0.3, 0.4) is 0 Å². The molecule has 0 saturated carbocycles. The van der Waals surface area contributed by atoms with Gasteiger partial charge in [-0.1, -0.05) is 6.92 Å². The van der Waals surface area contributed by atoms with E-state index < -0.39 is 0 Å². The van der Waals surface area contributed by atoms with Crippen molar-refractivity contribution in [2.45, 2.75) is 39.3 Å². The number of nitrogens with one attached hydrogen (secondary N) is 1. The maximum Gasteiger partial charge on any atom is 0.138 e. The van der Waals surface area contributed by atoms with Gasteiger partial charge in [0.05, 0.1) is 0 Å². The van der Waals surface area contributed by atoms with Crippen LogP contribution in [0.5, 0.6) is 0 Å². The molecule has 16 heavy (non-hydrogen) atoms. The smallest absolute Gasteiger partial charge is 0.138 e. The average Bonchev–Trinajstić information content (AvgIpc) is 2.75. The molecule has 1 aromatic rings. The number of hydrogen-bond acceptors (Lipinski definition) is 4. The standard InChI is InChI=1S/C11H22N4S/c1-4-6-16-8-10(12-3)7-11-13-9-14-15(11)5-2/h9-10,12H,4-8H2,1-3H3. The van der Waals surface area contributed by atoms with Crippen LogP contribution in [0.1, 0.15) is 26.1 Å². The quantitative estimate of drug-likeness (QED) is 0.703. The molecule has 1 rings (SSSR count). The van der Waals surface area contributed by atoms with Gasteiger partial charge in [-0.05, 0) is 26.1 Å². The minimum Gasteiger partial charge on any atom is -0.316 e. The number of hydrogen-bond donors (Lipinski definition) is 1. The van der Waals surface area contributed by atoms with Gasteiger partial charge in [0.2, 0.25) is 0 Å². The van der Waals surface area contributed by atoms with Crippen molar-refractivity contribution in [1.29, 1.82) is 0 Å². The Hall–Kier alpha value is -0.550. The van der Waals surface area contributed by atoms with Crippen molar-refractivity contribution >= 4 is 11.8 Å². The fourth-order valence-electron chi connectivity index (χ4n) is 1.54. The zero-order chi connectivity index (χ0) is 11.8. The summed E-state index contributed by atoms with van der Waals surface area (Å²) in [4.78, 5) is 4.31. The molecule has 1 aromatic heterocycles. The minimum atomic E-state index is 0.492. The van der Waals surface area contributed by atoms with Gasteiger partial charge in [-0.2, -0.15) is 16.9 Å². The molecular formula is C11H22N4S. The highest BCUT2D eigenvalue weighted by Gasteiger charge is 2.11. The van der Waals surface area contributed by atoms with Crippen molar-refractivity contribution < 1.29 is 0 Å². The monoisotopic (exact) mass is 242 g/mol. The molecule has 1 N–H and O–H groups in total. The number of aryl methyl sites for hydroxylation is 1. The lowest BCUT2D eigenvalue weighted by Gasteiger charge is -2.15. The van der Waals surface area contributed by atoms with Gasteiger partial charge >= 0.3 is 0 Å². The van der Waals surface area contributed by atoms with Crippen molar-refractivity contribution in [2.75, 3.05) is 18.6 Å². The Kier molecular flexibility index (Phi) is 6.49. The van der Waals surface area contributed by atoms with Gasteiger partial charge in [-0.15, -0.1) is 0 Å². The van der Waals surface area contributed by atoms with E-state index in [4.69, 9.17) is 0 Å². The number of rotatable bonds is 8. The summed E-state index contributed by atoms with van der Waals surface area (Å²) in [6.07, 6.45) is 3.85. The van der Waals surface area contributed by atoms with Crippen LogP contribution in [0.2, 0.25) is 0 Å². The second-order valence-corrected chi connectivity index (χ2v) is 4.91. The van der Waals surface area contributed by atoms with Crippen LogP contribution < -0.4 is 5.32 Å². The van der Waals surface area contributed by atoms with Gasteiger partial charge in [-0.25, -0.2) is 4.98 Å². The summed E-state index contributed by atoms with van der Waals surface area (Å²) in [5, 5.41) is 7.54. The van der Waals surface area contributed by atoms with Crippen molar-refractivity contribution in [1.82, 2.24) is 20.1 Å². The van der Waals surface area contributed by atoms with Crippen LogP contribution in [0.25, 0.3) is 0 Å². The van der Waals surface area contributed by atoms with E-state index in [1.54, 1.807) is 6.33 Å². The van der Waals surface area contributed by atoms with Crippen LogP contribution in [-0.4, -0.2) is 39.4 Å². The lowest BCUT2D eigenvalue weighted by Crippen LogP contribution is -2.31. The third-order valence-electron chi connectivity index (χ3n) is 2.50. The lowest BCUT2D eigenvalue weighted by atomic mass is 10.2. The molecule has 92 valence electrons. The van der Waals surface area contributed by atoms with Crippen LogP contribution in [0, 0.1) is 0 Å². The first kappa shape index (κ1) is 13.5. The minimum absolute atomic E-state index is 0.492. The molecule has 0 radical (unpaired) electrons. The van der Waals surface area contributed by atoms with Gasteiger partial charge in [0.25, 0.3) is 0 Å². The molecule has 1 unspecified atom stereocenters. The highest BCUT2D eigenvalue weighted by atomic mass is 32.2. The third kappa shape index (κ3) is 4.14. The van der Waals surface area contributed by atoms with E-state index in [0.717, 1.165) is 24.5 Å². The molecule has 0 fully saturated rings. The fraction of sp³-hybridized carbons (Fsp3) is 0.818. The summed E-state index contributed by atoms with van der Waals surface area (Å²) in [7, 11) is 2.02. The number of nitrogens with zero attached hydrogens (tertiary/aromatic N) is 3. The predicted molar refractivity (Wildman–Crippen MR) is 69.9 cm³/mol. The molecular weight excluding hydrogens is 220 g/mol. The Balaban J connectivity index is 2.43. The van der Waals surface area contributed by atoms with Crippen LogP contribution in [0.15, 0.2) is 6.33 Å². The molecule has 0 spiro atoms. The van der Waals surface area contributed by atoms with E-state index in [1.165, 1.54) is 12.2 Å². The number of thioether (sulfide) groups is 1. The Bertz CT molecular complexity index is 287. The average molecular weight is 242 g/mol. The Labute approximate surface area is 102 Å². The highest BCUT2D eigenvalue weighted by Crippen LogP contribution is 2.08. The van der Waals surface area contributed by atoms with Crippen molar-refractivity contribution in [3.05, 3.63) is 12.2 Å². The largest absolute Gasteiger partial charge is 0.316 e. The second kappa shape index (κ2) is 7.68. The summed E-state index contributed by atoms with van der Waals surface area (Å²) in [6.45, 7) is 5.21. The van der Waals surface area contributed by atoms with Gasteiger partial charge in [-0.3, -0.25) is 4.68 Å². The molecule has 5 heteroatoms. The third-order valence-corrected chi connectivity index (χ3v) is 3.83. The zero-order valence-electron chi connectivity index (χ0n) is 10.4. The Morgan fingerprint density at radius 1 is 1.50 bits per heavy atom. The Morgan fingerprint density at radius 2 is 2.31 bits per heavy atom. The van der Waals surface area contributed by atoms with Gasteiger partial charge in [0.1, 0.15) is 12.2 Å². The van der Waals surface area contributed by atoms with Crippen molar-refractivity contribution in [3.63, 3.8) is 0 Å². The molecule has 0 aliphatic rings. The van der Waals surface area contributed by atoms with E-state index in [9.17, 15) is 0 Å². The molecule has 0 aliphatic heterocycles. The van der Waals surface area contributed by atoms with Crippen molar-refractivity contribution in [3.8, 4) is 0 Å². The SMILES string of the molecule is CCCSCC(Cc1ncnn1CC)NC. The molecule has 0 bridgehead atoms. The van der Waals surface area contributed by atoms with Crippen molar-refractivity contribution in [2.24, 2.45) is 0 Å². The van der Waals surface area contributed by atoms with Crippen LogP contribution in [-0.2, 0) is 13.0 Å². The maximum absolute atomic E-state index is 4.31. The Morgan fingerprint density at radius 3 is 2.94 bits per heavy atom. The summed E-state index contributed by atoms with van der Waals surface area (Å²) in [5.41, 5.74) is 0. The van der Waals surface area contributed by atoms with Gasteiger partial charge < -0.3 is 5.32 Å². The van der Waals surface area contributed by atoms with Gasteiger partial charge in [0.15, 0.2) is 0 Å². The van der Waals surface area contributed by atoms with Crippen LogP contribution >= 0.6 is 11.8 Å². The summed E-state index contributed by atoms with van der Waals surface area (Å²) in [6, 6.07) is 0.492. The molecule has 0 aromatic carbocycles. The molecule has 1 atom stereocenters. The first-order valence-electron chi connectivity index (χ1n) is 5.93.